The number of rotatable bonds is 1. The Kier molecular flexibility index (Phi) is 3.21. The lowest BCUT2D eigenvalue weighted by Gasteiger charge is -2.40. The van der Waals surface area contributed by atoms with Gasteiger partial charge in [0.2, 0.25) is 23.1 Å². The van der Waals surface area contributed by atoms with E-state index in [2.05, 4.69) is 4.74 Å². The van der Waals surface area contributed by atoms with Crippen molar-refractivity contribution in [1.82, 2.24) is 4.90 Å². The van der Waals surface area contributed by atoms with Gasteiger partial charge in [0, 0.05) is 6.92 Å². The van der Waals surface area contributed by atoms with Crippen LogP contribution >= 0.6 is 0 Å². The average molecular weight is 279 g/mol. The molecule has 0 aromatic heterocycles. The van der Waals surface area contributed by atoms with E-state index in [0.717, 1.165) is 17.1 Å². The Morgan fingerprint density at radius 1 is 1.30 bits per heavy atom. The van der Waals surface area contributed by atoms with Crippen LogP contribution in [0.15, 0.2) is 23.6 Å². The third-order valence-corrected chi connectivity index (χ3v) is 3.11. The minimum atomic E-state index is -1.53. The van der Waals surface area contributed by atoms with Crippen molar-refractivity contribution in [1.29, 1.82) is 0 Å². The molecule has 0 bridgehead atoms. The zero-order valence-electron chi connectivity index (χ0n) is 11.3. The van der Waals surface area contributed by atoms with Gasteiger partial charge in [0.15, 0.2) is 5.76 Å². The third-order valence-electron chi connectivity index (χ3n) is 3.11. The summed E-state index contributed by atoms with van der Waals surface area (Å²) in [6.45, 7) is 2.44. The maximum absolute atomic E-state index is 11.9. The van der Waals surface area contributed by atoms with Crippen LogP contribution in [0.4, 0.5) is 0 Å². The van der Waals surface area contributed by atoms with E-state index in [0.29, 0.717) is 0 Å². The Bertz CT molecular complexity index is 588. The van der Waals surface area contributed by atoms with Crippen LogP contribution in [0.3, 0.4) is 0 Å². The minimum Gasteiger partial charge on any atom is -0.467 e. The van der Waals surface area contributed by atoms with Crippen LogP contribution in [0.25, 0.3) is 0 Å². The van der Waals surface area contributed by atoms with Crippen LogP contribution in [-0.4, -0.2) is 47.6 Å². The molecule has 1 aliphatic carbocycles. The lowest BCUT2D eigenvalue weighted by atomic mass is 9.98. The second-order valence-electron chi connectivity index (χ2n) is 4.67. The predicted molar refractivity (Wildman–Crippen MR) is 65.1 cm³/mol. The fourth-order valence-electron chi connectivity index (χ4n) is 2.12. The molecule has 0 radical (unpaired) electrons. The Hall–Kier alpha value is -2.44. The van der Waals surface area contributed by atoms with E-state index >= 15 is 0 Å². The number of amides is 1. The Balaban J connectivity index is 2.55. The molecule has 7 heteroatoms. The van der Waals surface area contributed by atoms with Gasteiger partial charge in [-0.2, -0.15) is 0 Å². The van der Waals surface area contributed by atoms with Crippen molar-refractivity contribution in [3.8, 4) is 0 Å². The molecule has 0 saturated heterocycles. The summed E-state index contributed by atoms with van der Waals surface area (Å²) in [5.74, 6) is -2.58. The molecule has 1 amide bonds. The molecule has 2 aliphatic rings. The van der Waals surface area contributed by atoms with E-state index in [4.69, 9.17) is 4.74 Å². The number of hydrogen-bond acceptors (Lipinski definition) is 6. The Morgan fingerprint density at radius 3 is 2.45 bits per heavy atom. The number of methoxy groups -OCH3 is 1. The number of hydrogen-bond donors (Lipinski definition) is 0. The van der Waals surface area contributed by atoms with Crippen molar-refractivity contribution in [2.45, 2.75) is 19.4 Å². The fraction of sp³-hybridized carbons (Fsp3) is 0.385. The lowest BCUT2D eigenvalue weighted by molar-refractivity contribution is -0.169. The largest absolute Gasteiger partial charge is 0.467 e. The first-order valence-corrected chi connectivity index (χ1v) is 5.86. The number of carbonyl (C=O) groups excluding carboxylic acids is 4. The third kappa shape index (κ3) is 2.01. The van der Waals surface area contributed by atoms with Gasteiger partial charge < -0.3 is 14.4 Å². The van der Waals surface area contributed by atoms with Crippen molar-refractivity contribution < 1.29 is 28.7 Å². The first kappa shape index (κ1) is 14.0. The van der Waals surface area contributed by atoms with Gasteiger partial charge in [0.1, 0.15) is 5.70 Å². The molecule has 0 aromatic carbocycles. The second-order valence-corrected chi connectivity index (χ2v) is 4.67. The van der Waals surface area contributed by atoms with E-state index in [-0.39, 0.29) is 18.0 Å². The molecule has 106 valence electrons. The van der Waals surface area contributed by atoms with Gasteiger partial charge in [-0.05, 0) is 19.1 Å². The maximum Gasteiger partial charge on any atom is 0.351 e. The topological polar surface area (TPSA) is 90.0 Å². The van der Waals surface area contributed by atoms with E-state index < -0.39 is 29.0 Å². The van der Waals surface area contributed by atoms with Crippen molar-refractivity contribution >= 4 is 23.4 Å². The summed E-state index contributed by atoms with van der Waals surface area (Å²) in [5, 5.41) is 0. The summed E-state index contributed by atoms with van der Waals surface area (Å²) in [4.78, 5) is 48.2. The van der Waals surface area contributed by atoms with Crippen molar-refractivity contribution in [2.75, 3.05) is 13.7 Å². The van der Waals surface area contributed by atoms with Crippen LogP contribution in [0, 0.1) is 0 Å². The van der Waals surface area contributed by atoms with Crippen LogP contribution in [0.1, 0.15) is 13.8 Å². The molecule has 0 aromatic rings. The first-order valence-electron chi connectivity index (χ1n) is 5.86. The summed E-state index contributed by atoms with van der Waals surface area (Å²) in [7, 11) is 1.17. The molecule has 2 rings (SSSR count). The fourth-order valence-corrected chi connectivity index (χ4v) is 2.12. The average Bonchev–Trinajstić information content (AvgIpc) is 2.41. The first-order chi connectivity index (χ1) is 9.30. The zero-order valence-corrected chi connectivity index (χ0v) is 11.3. The van der Waals surface area contributed by atoms with E-state index in [1.54, 1.807) is 0 Å². The normalized spacial score (nSPS) is 25.2. The van der Waals surface area contributed by atoms with Gasteiger partial charge in [-0.1, -0.05) is 0 Å². The van der Waals surface area contributed by atoms with Crippen molar-refractivity contribution in [2.24, 2.45) is 0 Å². The second kappa shape index (κ2) is 4.59. The predicted octanol–water partition coefficient (Wildman–Crippen LogP) is -0.284. The van der Waals surface area contributed by atoms with Gasteiger partial charge in [-0.3, -0.25) is 14.4 Å². The summed E-state index contributed by atoms with van der Waals surface area (Å²) >= 11 is 0. The van der Waals surface area contributed by atoms with Crippen molar-refractivity contribution in [3.63, 3.8) is 0 Å². The van der Waals surface area contributed by atoms with Gasteiger partial charge in [0.25, 0.3) is 0 Å². The van der Waals surface area contributed by atoms with E-state index in [1.807, 2.05) is 0 Å². The Morgan fingerprint density at radius 2 is 1.90 bits per heavy atom. The SMILES string of the molecule is COC(=O)C1(C)CN(C(C)=O)C2=C(O1)C(=O)C=CC2=O. The van der Waals surface area contributed by atoms with Crippen LogP contribution < -0.4 is 0 Å². The van der Waals surface area contributed by atoms with Gasteiger partial charge in [-0.15, -0.1) is 0 Å². The molecule has 0 N–H and O–H groups in total. The standard InChI is InChI=1S/C13H13NO6/c1-7(15)14-6-13(2,12(18)19-3)20-11-9(17)5-4-8(16)10(11)14/h4-5H,6H2,1-3H3. The highest BCUT2D eigenvalue weighted by molar-refractivity contribution is 6.20. The lowest BCUT2D eigenvalue weighted by Crippen LogP contribution is -2.55. The molecule has 1 unspecified atom stereocenters. The number of ketones is 2. The highest BCUT2D eigenvalue weighted by atomic mass is 16.6. The van der Waals surface area contributed by atoms with Crippen LogP contribution in [0.5, 0.6) is 0 Å². The van der Waals surface area contributed by atoms with Gasteiger partial charge in [-0.25, -0.2) is 4.79 Å². The number of esters is 1. The molecule has 20 heavy (non-hydrogen) atoms. The van der Waals surface area contributed by atoms with Gasteiger partial charge in [0.05, 0.1) is 13.7 Å². The molecule has 1 aliphatic heterocycles. The molecular formula is C13H13NO6. The summed E-state index contributed by atoms with van der Waals surface area (Å²) in [6.07, 6.45) is 2.11. The monoisotopic (exact) mass is 279 g/mol. The molecule has 0 fully saturated rings. The smallest absolute Gasteiger partial charge is 0.351 e. The molecule has 1 atom stereocenters. The molecule has 0 spiro atoms. The van der Waals surface area contributed by atoms with Crippen LogP contribution in [0.2, 0.25) is 0 Å². The molecule has 7 nitrogen and oxygen atoms in total. The highest BCUT2D eigenvalue weighted by Crippen LogP contribution is 2.32. The summed E-state index contributed by atoms with van der Waals surface area (Å²) in [6, 6.07) is 0. The van der Waals surface area contributed by atoms with E-state index in [9.17, 15) is 19.2 Å². The zero-order chi connectivity index (χ0) is 15.1. The quantitative estimate of drug-likeness (QED) is 0.484. The minimum absolute atomic E-state index is 0.133. The molecule has 0 saturated carbocycles. The van der Waals surface area contributed by atoms with Gasteiger partial charge >= 0.3 is 5.97 Å². The molecular weight excluding hydrogens is 266 g/mol. The summed E-state index contributed by atoms with van der Waals surface area (Å²) in [5.41, 5.74) is -1.66. The highest BCUT2D eigenvalue weighted by Gasteiger charge is 2.48. The van der Waals surface area contributed by atoms with E-state index in [1.165, 1.54) is 21.0 Å². The van der Waals surface area contributed by atoms with Crippen molar-refractivity contribution in [3.05, 3.63) is 23.6 Å². The van der Waals surface area contributed by atoms with Crippen LogP contribution in [-0.2, 0) is 28.7 Å². The maximum atomic E-state index is 11.9. The number of allylic oxidation sites excluding steroid dienone is 2. The number of carbonyl (C=O) groups is 4. The number of ether oxygens (including phenoxy) is 2. The molecule has 1 heterocycles. The summed E-state index contributed by atoms with van der Waals surface area (Å²) < 4.78 is 10.0. The number of nitrogens with zero attached hydrogens (tertiary/aromatic N) is 1. The Labute approximate surface area is 114 Å².